The van der Waals surface area contributed by atoms with E-state index in [0.29, 0.717) is 17.6 Å². The second-order valence-electron chi connectivity index (χ2n) is 5.53. The van der Waals surface area contributed by atoms with E-state index < -0.39 is 0 Å². The molecule has 2 aliphatic rings. The molecule has 4 heteroatoms. The third-order valence-corrected chi connectivity index (χ3v) is 4.25. The van der Waals surface area contributed by atoms with Gasteiger partial charge in [0.25, 0.3) is 0 Å². The zero-order chi connectivity index (χ0) is 13.2. The molecule has 1 aliphatic carbocycles. The number of amides is 1. The van der Waals surface area contributed by atoms with Crippen LogP contribution < -0.4 is 4.74 Å². The molecular weight excluding hydrogens is 245 g/mol. The van der Waals surface area contributed by atoms with Gasteiger partial charge in [-0.2, -0.15) is 0 Å². The van der Waals surface area contributed by atoms with Gasteiger partial charge in [0.15, 0.2) is 0 Å². The zero-order valence-corrected chi connectivity index (χ0v) is 10.8. The van der Waals surface area contributed by atoms with Gasteiger partial charge in [-0.25, -0.2) is 9.18 Å². The summed E-state index contributed by atoms with van der Waals surface area (Å²) in [5.41, 5.74) is 0. The molecule has 102 valence electrons. The predicted molar refractivity (Wildman–Crippen MR) is 69.4 cm³/mol. The highest BCUT2D eigenvalue weighted by atomic mass is 19.1. The summed E-state index contributed by atoms with van der Waals surface area (Å²) in [6, 6.07) is 5.56. The van der Waals surface area contributed by atoms with E-state index in [2.05, 4.69) is 0 Å². The molecule has 1 heterocycles. The summed E-state index contributed by atoms with van der Waals surface area (Å²) in [5.74, 6) is 1.37. The van der Waals surface area contributed by atoms with Gasteiger partial charge in [-0.05, 0) is 48.9 Å². The quantitative estimate of drug-likeness (QED) is 0.776. The van der Waals surface area contributed by atoms with Crippen LogP contribution in [-0.4, -0.2) is 24.1 Å². The number of benzene rings is 1. The molecule has 19 heavy (non-hydrogen) atoms. The average Bonchev–Trinajstić information content (AvgIpc) is 2.85. The zero-order valence-electron chi connectivity index (χ0n) is 10.8. The smallest absolute Gasteiger partial charge is 0.410 e. The monoisotopic (exact) mass is 263 g/mol. The van der Waals surface area contributed by atoms with E-state index in [-0.39, 0.29) is 11.9 Å². The molecule has 1 saturated heterocycles. The van der Waals surface area contributed by atoms with E-state index in [0.717, 1.165) is 13.1 Å². The van der Waals surface area contributed by atoms with E-state index in [1.54, 1.807) is 4.90 Å². The van der Waals surface area contributed by atoms with Crippen LogP contribution in [0.3, 0.4) is 0 Å². The first-order chi connectivity index (χ1) is 9.22. The number of carbonyl (C=O) groups is 1. The molecule has 2 atom stereocenters. The number of likely N-dealkylation sites (tertiary alicyclic amines) is 1. The first-order valence-corrected chi connectivity index (χ1v) is 6.95. The van der Waals surface area contributed by atoms with Gasteiger partial charge in [0.2, 0.25) is 0 Å². The van der Waals surface area contributed by atoms with Gasteiger partial charge in [-0.3, -0.25) is 0 Å². The van der Waals surface area contributed by atoms with E-state index in [1.165, 1.54) is 49.9 Å². The largest absolute Gasteiger partial charge is 0.415 e. The summed E-state index contributed by atoms with van der Waals surface area (Å²) in [6.07, 6.45) is 4.71. The van der Waals surface area contributed by atoms with Crippen molar-refractivity contribution in [2.45, 2.75) is 25.7 Å². The Labute approximate surface area is 112 Å². The standard InChI is InChI=1S/C15H18FNO2/c16-13-5-7-14(8-6-13)19-15(18)17-9-11-3-1-2-4-12(11)10-17/h5-8,11-12H,1-4,9-10H2. The number of hydrogen-bond donors (Lipinski definition) is 0. The lowest BCUT2D eigenvalue weighted by atomic mass is 9.82. The van der Waals surface area contributed by atoms with Gasteiger partial charge in [0.1, 0.15) is 11.6 Å². The molecule has 3 nitrogen and oxygen atoms in total. The Balaban J connectivity index is 1.60. The van der Waals surface area contributed by atoms with Crippen LogP contribution in [-0.2, 0) is 0 Å². The number of hydrogen-bond acceptors (Lipinski definition) is 2. The molecule has 2 fully saturated rings. The topological polar surface area (TPSA) is 29.5 Å². The van der Waals surface area contributed by atoms with E-state index in [9.17, 15) is 9.18 Å². The van der Waals surface area contributed by atoms with Crippen molar-refractivity contribution >= 4 is 6.09 Å². The van der Waals surface area contributed by atoms with Crippen LogP contribution in [0.15, 0.2) is 24.3 Å². The number of rotatable bonds is 1. The third kappa shape index (κ3) is 2.72. The summed E-state index contributed by atoms with van der Waals surface area (Å²) in [5, 5.41) is 0. The van der Waals surface area contributed by atoms with Crippen LogP contribution in [0.25, 0.3) is 0 Å². The van der Waals surface area contributed by atoms with Crippen molar-refractivity contribution < 1.29 is 13.9 Å². The van der Waals surface area contributed by atoms with Crippen molar-refractivity contribution in [2.75, 3.05) is 13.1 Å². The fraction of sp³-hybridized carbons (Fsp3) is 0.533. The van der Waals surface area contributed by atoms with Gasteiger partial charge in [-0.1, -0.05) is 12.8 Å². The maximum atomic E-state index is 12.8. The van der Waals surface area contributed by atoms with Gasteiger partial charge >= 0.3 is 6.09 Å². The highest BCUT2D eigenvalue weighted by Crippen LogP contribution is 2.36. The van der Waals surface area contributed by atoms with E-state index >= 15 is 0 Å². The molecule has 0 bridgehead atoms. The molecule has 1 aromatic carbocycles. The number of carbonyl (C=O) groups excluding carboxylic acids is 1. The third-order valence-electron chi connectivity index (χ3n) is 4.25. The number of fused-ring (bicyclic) bond motifs is 1. The minimum atomic E-state index is -0.327. The summed E-state index contributed by atoms with van der Waals surface area (Å²) >= 11 is 0. The Kier molecular flexibility index (Phi) is 3.40. The fourth-order valence-electron chi connectivity index (χ4n) is 3.22. The Morgan fingerprint density at radius 1 is 1.11 bits per heavy atom. The number of ether oxygens (including phenoxy) is 1. The molecule has 1 saturated carbocycles. The Hall–Kier alpha value is -1.58. The van der Waals surface area contributed by atoms with Crippen molar-refractivity contribution in [3.05, 3.63) is 30.1 Å². The van der Waals surface area contributed by atoms with Crippen molar-refractivity contribution in [3.63, 3.8) is 0 Å². The first-order valence-electron chi connectivity index (χ1n) is 6.95. The predicted octanol–water partition coefficient (Wildman–Crippen LogP) is 3.45. The van der Waals surface area contributed by atoms with Crippen molar-refractivity contribution in [2.24, 2.45) is 11.8 Å². The number of nitrogens with zero attached hydrogens (tertiary/aromatic N) is 1. The fourth-order valence-corrected chi connectivity index (χ4v) is 3.22. The second-order valence-corrected chi connectivity index (χ2v) is 5.53. The highest BCUT2D eigenvalue weighted by Gasteiger charge is 2.37. The molecule has 0 spiro atoms. The highest BCUT2D eigenvalue weighted by molar-refractivity contribution is 5.71. The molecule has 1 aliphatic heterocycles. The lowest BCUT2D eigenvalue weighted by molar-refractivity contribution is 0.160. The van der Waals surface area contributed by atoms with Gasteiger partial charge < -0.3 is 9.64 Å². The first kappa shape index (κ1) is 12.5. The van der Waals surface area contributed by atoms with Crippen molar-refractivity contribution in [3.8, 4) is 5.75 Å². The maximum Gasteiger partial charge on any atom is 0.415 e. The molecule has 2 unspecified atom stereocenters. The van der Waals surface area contributed by atoms with Crippen LogP contribution in [0.5, 0.6) is 5.75 Å². The molecule has 1 aromatic rings. The Morgan fingerprint density at radius 3 is 2.26 bits per heavy atom. The SMILES string of the molecule is O=C(Oc1ccc(F)cc1)N1CC2CCCCC2C1. The molecule has 0 aromatic heterocycles. The average molecular weight is 263 g/mol. The molecule has 0 N–H and O–H groups in total. The molecule has 3 rings (SSSR count). The Bertz CT molecular complexity index is 446. The minimum Gasteiger partial charge on any atom is -0.410 e. The normalized spacial score (nSPS) is 26.1. The molecule has 0 radical (unpaired) electrons. The lowest BCUT2D eigenvalue weighted by Crippen LogP contribution is -2.31. The van der Waals surface area contributed by atoms with Crippen molar-refractivity contribution in [1.29, 1.82) is 0 Å². The summed E-state index contributed by atoms with van der Waals surface area (Å²) < 4.78 is 18.1. The number of halogens is 1. The second kappa shape index (κ2) is 5.19. The van der Waals surface area contributed by atoms with E-state index in [1.807, 2.05) is 0 Å². The van der Waals surface area contributed by atoms with Crippen LogP contribution in [0, 0.1) is 17.7 Å². The van der Waals surface area contributed by atoms with Gasteiger partial charge in [0.05, 0.1) is 0 Å². The van der Waals surface area contributed by atoms with E-state index in [4.69, 9.17) is 4.74 Å². The van der Waals surface area contributed by atoms with Gasteiger partial charge in [-0.15, -0.1) is 0 Å². The maximum absolute atomic E-state index is 12.8. The lowest BCUT2D eigenvalue weighted by Gasteiger charge is -2.22. The van der Waals surface area contributed by atoms with Crippen molar-refractivity contribution in [1.82, 2.24) is 4.90 Å². The van der Waals surface area contributed by atoms with Crippen LogP contribution in [0.2, 0.25) is 0 Å². The minimum absolute atomic E-state index is 0.305. The van der Waals surface area contributed by atoms with Crippen LogP contribution in [0.1, 0.15) is 25.7 Å². The molecule has 1 amide bonds. The summed E-state index contributed by atoms with van der Waals surface area (Å²) in [7, 11) is 0. The van der Waals surface area contributed by atoms with Gasteiger partial charge in [0, 0.05) is 13.1 Å². The summed E-state index contributed by atoms with van der Waals surface area (Å²) in [4.78, 5) is 13.8. The summed E-state index contributed by atoms with van der Waals surface area (Å²) in [6.45, 7) is 1.62. The Morgan fingerprint density at radius 2 is 1.68 bits per heavy atom. The van der Waals surface area contributed by atoms with Crippen LogP contribution >= 0.6 is 0 Å². The van der Waals surface area contributed by atoms with Crippen LogP contribution in [0.4, 0.5) is 9.18 Å². The molecular formula is C15H18FNO2.